The van der Waals surface area contributed by atoms with Crippen LogP contribution in [0.3, 0.4) is 0 Å². The number of aliphatic hydroxyl groups is 1. The number of hydrogen-bond donors (Lipinski definition) is 4. The number of methoxy groups -OCH3 is 1. The predicted molar refractivity (Wildman–Crippen MR) is 111 cm³/mol. The third-order valence-corrected chi connectivity index (χ3v) is 4.76. The van der Waals surface area contributed by atoms with E-state index in [0.29, 0.717) is 17.2 Å². The molecule has 0 fully saturated rings. The molecule has 1 aromatic heterocycles. The van der Waals surface area contributed by atoms with Gasteiger partial charge in [0, 0.05) is 24.1 Å². The number of nitrogens with two attached hydrogens (primary N) is 1. The van der Waals surface area contributed by atoms with Crippen LogP contribution in [0.25, 0.3) is 11.3 Å². The Morgan fingerprint density at radius 1 is 1.37 bits per heavy atom. The maximum atomic E-state index is 14.5. The maximum Gasteiger partial charge on any atom is 0.255 e. The average molecular weight is 433 g/mol. The van der Waals surface area contributed by atoms with E-state index in [1.54, 1.807) is 43.5 Å². The third kappa shape index (κ3) is 5.22. The minimum atomic E-state index is -1.15. The van der Waals surface area contributed by atoms with Crippen LogP contribution in [0.5, 0.6) is 0 Å². The SMILES string of the molecule is COCc1ccc(F)c(-c2[nH]ncc2C(=O)N[C@@H](CC(N)O)c2cccc(Cl)c2)c1. The molecule has 1 amide bonds. The molecule has 0 radical (unpaired) electrons. The lowest BCUT2D eigenvalue weighted by atomic mass is 10.0. The van der Waals surface area contributed by atoms with E-state index in [1.807, 2.05) is 0 Å². The second kappa shape index (κ2) is 9.82. The lowest BCUT2D eigenvalue weighted by molar-refractivity contribution is 0.0913. The monoisotopic (exact) mass is 432 g/mol. The van der Waals surface area contributed by atoms with E-state index in [-0.39, 0.29) is 23.2 Å². The summed E-state index contributed by atoms with van der Waals surface area (Å²) in [5, 5.41) is 19.6. The van der Waals surface area contributed by atoms with Crippen LogP contribution in [0, 0.1) is 5.82 Å². The summed E-state index contributed by atoms with van der Waals surface area (Å²) in [4.78, 5) is 13.0. The molecule has 9 heteroatoms. The molecule has 0 spiro atoms. The summed E-state index contributed by atoms with van der Waals surface area (Å²) < 4.78 is 19.6. The van der Waals surface area contributed by atoms with Crippen molar-refractivity contribution in [2.75, 3.05) is 7.11 Å². The van der Waals surface area contributed by atoms with Gasteiger partial charge in [-0.3, -0.25) is 9.89 Å². The minimum Gasteiger partial charge on any atom is -0.380 e. The largest absolute Gasteiger partial charge is 0.380 e. The Balaban J connectivity index is 1.91. The van der Waals surface area contributed by atoms with Gasteiger partial charge in [-0.1, -0.05) is 29.8 Å². The fraction of sp³-hybridized carbons (Fsp3) is 0.238. The summed E-state index contributed by atoms with van der Waals surface area (Å²) in [6.07, 6.45) is 0.235. The molecule has 0 saturated carbocycles. The van der Waals surface area contributed by atoms with Crippen molar-refractivity contribution >= 4 is 17.5 Å². The van der Waals surface area contributed by atoms with Gasteiger partial charge in [-0.2, -0.15) is 5.10 Å². The van der Waals surface area contributed by atoms with Crippen molar-refractivity contribution in [2.45, 2.75) is 25.3 Å². The molecule has 2 atom stereocenters. The molecule has 5 N–H and O–H groups in total. The number of nitrogens with zero attached hydrogens (tertiary/aromatic N) is 1. The first-order valence-electron chi connectivity index (χ1n) is 9.20. The topological polar surface area (TPSA) is 113 Å². The molecule has 158 valence electrons. The first-order chi connectivity index (χ1) is 14.4. The number of carbonyl (C=O) groups is 1. The normalized spacial score (nSPS) is 13.1. The van der Waals surface area contributed by atoms with Crippen LogP contribution < -0.4 is 11.1 Å². The molecule has 0 aliphatic rings. The van der Waals surface area contributed by atoms with Gasteiger partial charge < -0.3 is 20.9 Å². The van der Waals surface area contributed by atoms with Gasteiger partial charge in [-0.15, -0.1) is 0 Å². The van der Waals surface area contributed by atoms with Crippen LogP contribution in [-0.4, -0.2) is 34.5 Å². The van der Waals surface area contributed by atoms with E-state index in [4.69, 9.17) is 22.1 Å². The van der Waals surface area contributed by atoms with Gasteiger partial charge in [0.05, 0.1) is 30.1 Å². The van der Waals surface area contributed by atoms with Gasteiger partial charge in [-0.25, -0.2) is 4.39 Å². The summed E-state index contributed by atoms with van der Waals surface area (Å²) in [7, 11) is 1.54. The second-order valence-corrected chi connectivity index (χ2v) is 7.23. The van der Waals surface area contributed by atoms with Crippen LogP contribution in [0.4, 0.5) is 4.39 Å². The van der Waals surface area contributed by atoms with Crippen molar-refractivity contribution in [1.29, 1.82) is 0 Å². The first kappa shape index (κ1) is 21.9. The molecule has 0 bridgehead atoms. The highest BCUT2D eigenvalue weighted by atomic mass is 35.5. The van der Waals surface area contributed by atoms with Gasteiger partial charge in [0.15, 0.2) is 0 Å². The van der Waals surface area contributed by atoms with E-state index in [2.05, 4.69) is 15.5 Å². The number of aromatic nitrogens is 2. The quantitative estimate of drug-likeness (QED) is 0.408. The zero-order valence-electron chi connectivity index (χ0n) is 16.2. The summed E-state index contributed by atoms with van der Waals surface area (Å²) in [6.45, 7) is 0.300. The number of aromatic amines is 1. The van der Waals surface area contributed by atoms with Crippen molar-refractivity contribution in [3.05, 3.63) is 76.2 Å². The van der Waals surface area contributed by atoms with E-state index in [1.165, 1.54) is 12.3 Å². The van der Waals surface area contributed by atoms with Crippen LogP contribution in [0.15, 0.2) is 48.7 Å². The van der Waals surface area contributed by atoms with Gasteiger partial charge >= 0.3 is 0 Å². The fourth-order valence-corrected chi connectivity index (χ4v) is 3.36. The molecule has 1 heterocycles. The van der Waals surface area contributed by atoms with Gasteiger partial charge in [0.25, 0.3) is 5.91 Å². The number of rotatable bonds is 8. The third-order valence-electron chi connectivity index (χ3n) is 4.53. The van der Waals surface area contributed by atoms with Gasteiger partial charge in [0.1, 0.15) is 12.0 Å². The molecule has 7 nitrogen and oxygen atoms in total. The smallest absolute Gasteiger partial charge is 0.255 e. The standard InChI is InChI=1S/C21H22ClFN4O3/c1-30-11-12-5-6-17(23)15(7-12)20-16(10-25-27-20)21(29)26-18(9-19(24)28)13-3-2-4-14(22)8-13/h2-8,10,18-19,28H,9,11,24H2,1H3,(H,25,27)(H,26,29)/t18-,19?/m0/s1. The molecular formula is C21H22ClFN4O3. The van der Waals surface area contributed by atoms with Crippen molar-refractivity contribution < 1.29 is 19.0 Å². The Morgan fingerprint density at radius 2 is 2.17 bits per heavy atom. The van der Waals surface area contributed by atoms with Crippen molar-refractivity contribution in [2.24, 2.45) is 5.73 Å². The molecular weight excluding hydrogens is 411 g/mol. The first-order valence-corrected chi connectivity index (χ1v) is 9.58. The number of ether oxygens (including phenoxy) is 1. The minimum absolute atomic E-state index is 0.0664. The van der Waals surface area contributed by atoms with E-state index in [9.17, 15) is 14.3 Å². The summed E-state index contributed by atoms with van der Waals surface area (Å²) in [5.41, 5.74) is 7.56. The molecule has 0 aliphatic carbocycles. The molecule has 1 unspecified atom stereocenters. The Hall–Kier alpha value is -2.78. The number of nitrogens with one attached hydrogen (secondary N) is 2. The number of carbonyl (C=O) groups excluding carboxylic acids is 1. The lowest BCUT2D eigenvalue weighted by Crippen LogP contribution is -2.33. The van der Waals surface area contributed by atoms with E-state index >= 15 is 0 Å². The highest BCUT2D eigenvalue weighted by Gasteiger charge is 2.23. The summed E-state index contributed by atoms with van der Waals surface area (Å²) in [5.74, 6) is -1.00. The van der Waals surface area contributed by atoms with Gasteiger partial charge in [0.2, 0.25) is 0 Å². The molecule has 2 aromatic carbocycles. The Bertz CT molecular complexity index is 1020. The molecule has 30 heavy (non-hydrogen) atoms. The predicted octanol–water partition coefficient (Wildman–Crippen LogP) is 3.15. The van der Waals surface area contributed by atoms with Crippen molar-refractivity contribution in [3.63, 3.8) is 0 Å². The van der Waals surface area contributed by atoms with Crippen LogP contribution in [-0.2, 0) is 11.3 Å². The van der Waals surface area contributed by atoms with Crippen LogP contribution >= 0.6 is 11.6 Å². The van der Waals surface area contributed by atoms with Crippen molar-refractivity contribution in [3.8, 4) is 11.3 Å². The fourth-order valence-electron chi connectivity index (χ4n) is 3.16. The Morgan fingerprint density at radius 3 is 2.87 bits per heavy atom. The highest BCUT2D eigenvalue weighted by molar-refractivity contribution is 6.30. The average Bonchev–Trinajstić information content (AvgIpc) is 3.18. The Kier molecular flexibility index (Phi) is 7.17. The van der Waals surface area contributed by atoms with Crippen molar-refractivity contribution in [1.82, 2.24) is 15.5 Å². The summed E-state index contributed by atoms with van der Waals surface area (Å²) >= 11 is 6.05. The zero-order valence-corrected chi connectivity index (χ0v) is 17.0. The highest BCUT2D eigenvalue weighted by Crippen LogP contribution is 2.27. The molecule has 0 saturated heterocycles. The number of benzene rings is 2. The van der Waals surface area contributed by atoms with Crippen LogP contribution in [0.1, 0.15) is 33.9 Å². The van der Waals surface area contributed by atoms with Crippen LogP contribution in [0.2, 0.25) is 5.02 Å². The lowest BCUT2D eigenvalue weighted by Gasteiger charge is -2.21. The molecule has 3 rings (SSSR count). The number of H-pyrrole nitrogens is 1. The molecule has 3 aromatic rings. The summed E-state index contributed by atoms with van der Waals surface area (Å²) in [6, 6.07) is 10.8. The number of halogens is 2. The number of aliphatic hydroxyl groups excluding tert-OH is 1. The van der Waals surface area contributed by atoms with E-state index in [0.717, 1.165) is 5.56 Å². The van der Waals surface area contributed by atoms with Gasteiger partial charge in [-0.05, 0) is 35.4 Å². The molecule has 0 aliphatic heterocycles. The maximum absolute atomic E-state index is 14.5. The second-order valence-electron chi connectivity index (χ2n) is 6.79. The van der Waals surface area contributed by atoms with E-state index < -0.39 is 24.0 Å². The number of hydrogen-bond acceptors (Lipinski definition) is 5. The zero-order chi connectivity index (χ0) is 21.7. The Labute approximate surface area is 178 Å². The number of amides is 1.